The molecule has 3 rings (SSSR count). The standard InChI is InChI=1S/C14H11N3O3/c1-8-4-3-7-15-12(8)13-16-14(20-17-13)11-9(18)5-2-6-10(11)19/h2-7,18-19H,1H3. The van der Waals surface area contributed by atoms with E-state index in [0.717, 1.165) is 5.56 Å². The Morgan fingerprint density at radius 1 is 1.05 bits per heavy atom. The number of nitrogens with zero attached hydrogens (tertiary/aromatic N) is 3. The third-order valence-electron chi connectivity index (χ3n) is 2.88. The first-order valence-electron chi connectivity index (χ1n) is 5.94. The average Bonchev–Trinajstić information content (AvgIpc) is 2.88. The number of aryl methyl sites for hydroxylation is 1. The maximum absolute atomic E-state index is 9.78. The number of aromatic nitrogens is 3. The molecule has 0 aliphatic carbocycles. The van der Waals surface area contributed by atoms with E-state index in [1.165, 1.54) is 18.2 Å². The van der Waals surface area contributed by atoms with Crippen LogP contribution < -0.4 is 0 Å². The van der Waals surface area contributed by atoms with Crippen molar-refractivity contribution in [1.82, 2.24) is 15.1 Å². The van der Waals surface area contributed by atoms with E-state index >= 15 is 0 Å². The Bertz CT molecular complexity index is 748. The molecule has 20 heavy (non-hydrogen) atoms. The monoisotopic (exact) mass is 269 g/mol. The summed E-state index contributed by atoms with van der Waals surface area (Å²) in [6.07, 6.45) is 1.63. The lowest BCUT2D eigenvalue weighted by molar-refractivity contribution is 0.415. The minimum Gasteiger partial charge on any atom is -0.507 e. The van der Waals surface area contributed by atoms with E-state index < -0.39 is 0 Å². The molecule has 2 aromatic heterocycles. The van der Waals surface area contributed by atoms with Gasteiger partial charge in [-0.15, -0.1) is 0 Å². The van der Waals surface area contributed by atoms with Gasteiger partial charge in [0.1, 0.15) is 22.8 Å². The van der Waals surface area contributed by atoms with Gasteiger partial charge in [-0.3, -0.25) is 4.98 Å². The molecule has 3 aromatic rings. The van der Waals surface area contributed by atoms with Gasteiger partial charge in [-0.2, -0.15) is 4.98 Å². The molecule has 0 unspecified atom stereocenters. The van der Waals surface area contributed by atoms with Crippen LogP contribution in [0.1, 0.15) is 5.56 Å². The van der Waals surface area contributed by atoms with Crippen molar-refractivity contribution in [2.75, 3.05) is 0 Å². The summed E-state index contributed by atoms with van der Waals surface area (Å²) in [6, 6.07) is 8.09. The summed E-state index contributed by atoms with van der Waals surface area (Å²) in [4.78, 5) is 8.36. The lowest BCUT2D eigenvalue weighted by Crippen LogP contribution is -1.89. The van der Waals surface area contributed by atoms with Crippen molar-refractivity contribution in [3.05, 3.63) is 42.1 Å². The zero-order chi connectivity index (χ0) is 14.1. The fourth-order valence-corrected chi connectivity index (χ4v) is 1.89. The van der Waals surface area contributed by atoms with Gasteiger partial charge in [0.05, 0.1) is 0 Å². The fraction of sp³-hybridized carbons (Fsp3) is 0.0714. The van der Waals surface area contributed by atoms with Gasteiger partial charge >= 0.3 is 0 Å². The summed E-state index contributed by atoms with van der Waals surface area (Å²) in [7, 11) is 0. The number of phenolic OH excluding ortho intramolecular Hbond substituents is 2. The molecule has 0 aliphatic heterocycles. The normalized spacial score (nSPS) is 10.7. The van der Waals surface area contributed by atoms with Crippen LogP contribution in [0.3, 0.4) is 0 Å². The molecule has 0 amide bonds. The van der Waals surface area contributed by atoms with Crippen LogP contribution in [0.25, 0.3) is 23.0 Å². The van der Waals surface area contributed by atoms with Crippen molar-refractivity contribution in [3.63, 3.8) is 0 Å². The van der Waals surface area contributed by atoms with Gasteiger partial charge in [-0.1, -0.05) is 17.3 Å². The number of hydrogen-bond acceptors (Lipinski definition) is 6. The predicted octanol–water partition coefficient (Wildman–Crippen LogP) is 2.52. The third-order valence-corrected chi connectivity index (χ3v) is 2.88. The van der Waals surface area contributed by atoms with E-state index in [1.54, 1.807) is 6.20 Å². The Morgan fingerprint density at radius 2 is 1.80 bits per heavy atom. The molecular formula is C14H11N3O3. The van der Waals surface area contributed by atoms with Gasteiger partial charge in [0, 0.05) is 6.20 Å². The van der Waals surface area contributed by atoms with Gasteiger partial charge < -0.3 is 14.7 Å². The van der Waals surface area contributed by atoms with Crippen molar-refractivity contribution in [1.29, 1.82) is 0 Å². The molecule has 0 atom stereocenters. The van der Waals surface area contributed by atoms with Gasteiger partial charge in [-0.25, -0.2) is 0 Å². The van der Waals surface area contributed by atoms with E-state index in [9.17, 15) is 10.2 Å². The lowest BCUT2D eigenvalue weighted by Gasteiger charge is -2.01. The predicted molar refractivity (Wildman–Crippen MR) is 71.0 cm³/mol. The second kappa shape index (κ2) is 4.65. The van der Waals surface area contributed by atoms with E-state index in [2.05, 4.69) is 15.1 Å². The van der Waals surface area contributed by atoms with Gasteiger partial charge in [-0.05, 0) is 30.7 Å². The minimum atomic E-state index is -0.127. The maximum Gasteiger partial charge on any atom is 0.265 e. The first-order chi connectivity index (χ1) is 9.66. The highest BCUT2D eigenvalue weighted by atomic mass is 16.5. The molecule has 0 saturated heterocycles. The molecule has 2 N–H and O–H groups in total. The molecule has 0 radical (unpaired) electrons. The highest BCUT2D eigenvalue weighted by molar-refractivity contribution is 5.70. The van der Waals surface area contributed by atoms with Crippen LogP contribution in [-0.4, -0.2) is 25.3 Å². The first-order valence-corrected chi connectivity index (χ1v) is 5.94. The molecule has 0 bridgehead atoms. The number of pyridine rings is 1. The number of benzene rings is 1. The summed E-state index contributed by atoms with van der Waals surface area (Å²) in [5.74, 6) is 0.0947. The molecular weight excluding hydrogens is 258 g/mol. The maximum atomic E-state index is 9.78. The number of phenols is 2. The zero-order valence-electron chi connectivity index (χ0n) is 10.6. The van der Waals surface area contributed by atoms with Crippen LogP contribution in [0.4, 0.5) is 0 Å². The van der Waals surface area contributed by atoms with E-state index in [4.69, 9.17) is 4.52 Å². The van der Waals surface area contributed by atoms with Crippen molar-refractivity contribution in [3.8, 4) is 34.5 Å². The SMILES string of the molecule is Cc1cccnc1-c1noc(-c2c(O)cccc2O)n1. The zero-order valence-corrected chi connectivity index (χ0v) is 10.6. The fourth-order valence-electron chi connectivity index (χ4n) is 1.89. The highest BCUT2D eigenvalue weighted by Crippen LogP contribution is 2.36. The summed E-state index contributed by atoms with van der Waals surface area (Å²) < 4.78 is 5.10. The second-order valence-electron chi connectivity index (χ2n) is 4.26. The van der Waals surface area contributed by atoms with Gasteiger partial charge in [0.25, 0.3) is 5.89 Å². The Hall–Kier alpha value is -2.89. The lowest BCUT2D eigenvalue weighted by atomic mass is 10.1. The second-order valence-corrected chi connectivity index (χ2v) is 4.26. The molecule has 6 nitrogen and oxygen atoms in total. The molecule has 0 spiro atoms. The average molecular weight is 269 g/mol. The van der Waals surface area contributed by atoms with Crippen LogP contribution in [-0.2, 0) is 0 Å². The summed E-state index contributed by atoms with van der Waals surface area (Å²) in [5.41, 5.74) is 1.61. The van der Waals surface area contributed by atoms with Gasteiger partial charge in [0.2, 0.25) is 5.82 Å². The van der Waals surface area contributed by atoms with Crippen LogP contribution in [0.15, 0.2) is 41.1 Å². The third kappa shape index (κ3) is 1.97. The van der Waals surface area contributed by atoms with Crippen molar-refractivity contribution < 1.29 is 14.7 Å². The van der Waals surface area contributed by atoms with Crippen LogP contribution >= 0.6 is 0 Å². The first kappa shape index (κ1) is 12.2. The minimum absolute atomic E-state index is 0.0423. The summed E-state index contributed by atoms with van der Waals surface area (Å²) >= 11 is 0. The summed E-state index contributed by atoms with van der Waals surface area (Å²) in [6.45, 7) is 1.88. The van der Waals surface area contributed by atoms with Crippen LogP contribution in [0, 0.1) is 6.92 Å². The molecule has 1 aromatic carbocycles. The molecule has 0 fully saturated rings. The largest absolute Gasteiger partial charge is 0.507 e. The summed E-state index contributed by atoms with van der Waals surface area (Å²) in [5, 5.41) is 23.4. The molecule has 0 saturated carbocycles. The van der Waals surface area contributed by atoms with E-state index in [1.807, 2.05) is 19.1 Å². The van der Waals surface area contributed by atoms with Gasteiger partial charge in [0.15, 0.2) is 0 Å². The quantitative estimate of drug-likeness (QED) is 0.742. The number of hydrogen-bond donors (Lipinski definition) is 2. The highest BCUT2D eigenvalue weighted by Gasteiger charge is 2.18. The van der Waals surface area contributed by atoms with Crippen LogP contribution in [0.5, 0.6) is 11.5 Å². The smallest absolute Gasteiger partial charge is 0.265 e. The van der Waals surface area contributed by atoms with Crippen molar-refractivity contribution >= 4 is 0 Å². The Kier molecular flexibility index (Phi) is 2.83. The molecule has 2 heterocycles. The van der Waals surface area contributed by atoms with E-state index in [-0.39, 0.29) is 23.0 Å². The Labute approximate surface area is 114 Å². The van der Waals surface area contributed by atoms with Crippen LogP contribution in [0.2, 0.25) is 0 Å². The van der Waals surface area contributed by atoms with Crippen molar-refractivity contribution in [2.24, 2.45) is 0 Å². The topological polar surface area (TPSA) is 92.3 Å². The number of rotatable bonds is 2. The van der Waals surface area contributed by atoms with E-state index in [0.29, 0.717) is 11.5 Å². The molecule has 100 valence electrons. The Balaban J connectivity index is 2.10. The Morgan fingerprint density at radius 3 is 2.50 bits per heavy atom. The van der Waals surface area contributed by atoms with Crippen molar-refractivity contribution in [2.45, 2.75) is 6.92 Å². The number of aromatic hydroxyl groups is 2. The molecule has 6 heteroatoms. The molecule has 0 aliphatic rings.